The van der Waals surface area contributed by atoms with Crippen LogP contribution >= 0.6 is 34.8 Å². The summed E-state index contributed by atoms with van der Waals surface area (Å²) in [6, 6.07) is 0. The van der Waals surface area contributed by atoms with Gasteiger partial charge in [-0.1, -0.05) is 34.8 Å². The molecule has 1 radical (unpaired) electrons. The number of halogens is 3. The second-order valence-corrected chi connectivity index (χ2v) is 2.32. The second kappa shape index (κ2) is 3.59. The zero-order valence-electron chi connectivity index (χ0n) is 3.55. The first-order valence-electron chi connectivity index (χ1n) is 1.67. The van der Waals surface area contributed by atoms with Gasteiger partial charge in [-0.25, -0.2) is 0 Å². The first-order chi connectivity index (χ1) is 3.18. The molecular formula is C4H4Cl3. The van der Waals surface area contributed by atoms with E-state index in [2.05, 4.69) is 6.92 Å². The fourth-order valence-corrected chi connectivity index (χ4v) is 0.283. The Morgan fingerprint density at radius 2 is 1.71 bits per heavy atom. The van der Waals surface area contributed by atoms with E-state index in [0.29, 0.717) is 11.5 Å². The Kier molecular flexibility index (Phi) is 3.91. The molecule has 0 aromatic heterocycles. The highest BCUT2D eigenvalue weighted by atomic mass is 35.5. The van der Waals surface area contributed by atoms with Crippen molar-refractivity contribution in [3.8, 4) is 0 Å². The normalized spacial score (nSPS) is 8.57. The molecule has 0 heterocycles. The predicted octanol–water partition coefficient (Wildman–Crippen LogP) is 3.10. The highest BCUT2D eigenvalue weighted by Gasteiger charge is 1.91. The third-order valence-corrected chi connectivity index (χ3v) is 1.45. The van der Waals surface area contributed by atoms with Gasteiger partial charge >= 0.3 is 0 Å². The molecule has 0 aliphatic carbocycles. The van der Waals surface area contributed by atoms with Crippen LogP contribution in [-0.4, -0.2) is 0 Å². The van der Waals surface area contributed by atoms with Gasteiger partial charge in [-0.2, -0.15) is 0 Å². The quantitative estimate of drug-likeness (QED) is 0.550. The number of allylic oxidation sites excluding steroid dienone is 1. The van der Waals surface area contributed by atoms with Crippen molar-refractivity contribution in [3.63, 3.8) is 0 Å². The van der Waals surface area contributed by atoms with E-state index in [1.165, 1.54) is 0 Å². The molecule has 0 atom stereocenters. The molecule has 0 aromatic rings. The van der Waals surface area contributed by atoms with Crippen molar-refractivity contribution in [3.05, 3.63) is 16.4 Å². The lowest BCUT2D eigenvalue weighted by Gasteiger charge is -1.86. The molecular weight excluding hydrogens is 154 g/mol. The summed E-state index contributed by atoms with van der Waals surface area (Å²) in [6.07, 6.45) is 0.448. The highest BCUT2D eigenvalue weighted by molar-refractivity contribution is 6.59. The molecule has 0 fully saturated rings. The summed E-state index contributed by atoms with van der Waals surface area (Å²) in [5.74, 6) is 0. The molecule has 0 amide bonds. The molecule has 0 unspecified atom stereocenters. The summed E-state index contributed by atoms with van der Waals surface area (Å²) in [5.41, 5.74) is 0. The molecule has 7 heavy (non-hydrogen) atoms. The smallest absolute Gasteiger partial charge is 0.0866 e. The molecule has 0 aromatic carbocycles. The molecule has 0 aliphatic heterocycles. The second-order valence-electron chi connectivity index (χ2n) is 0.915. The highest BCUT2D eigenvalue weighted by Crippen LogP contribution is 2.19. The topological polar surface area (TPSA) is 0 Å². The van der Waals surface area contributed by atoms with Crippen molar-refractivity contribution in [2.45, 2.75) is 6.42 Å². The van der Waals surface area contributed by atoms with Crippen LogP contribution in [0.1, 0.15) is 6.42 Å². The van der Waals surface area contributed by atoms with Crippen LogP contribution in [0.25, 0.3) is 0 Å². The lowest BCUT2D eigenvalue weighted by atomic mass is 10.5. The minimum atomic E-state index is 0.108. The molecule has 0 N–H and O–H groups in total. The fraction of sp³-hybridized carbons (Fsp3) is 0.250. The first-order valence-corrected chi connectivity index (χ1v) is 2.80. The number of rotatable bonds is 1. The van der Waals surface area contributed by atoms with Gasteiger partial charge in [0.2, 0.25) is 0 Å². The molecule has 41 valence electrons. The van der Waals surface area contributed by atoms with Crippen LogP contribution in [0.4, 0.5) is 0 Å². The van der Waals surface area contributed by atoms with E-state index in [9.17, 15) is 0 Å². The van der Waals surface area contributed by atoms with E-state index in [1.807, 2.05) is 0 Å². The number of hydrogen-bond acceptors (Lipinski definition) is 0. The summed E-state index contributed by atoms with van der Waals surface area (Å²) >= 11 is 15.8. The summed E-state index contributed by atoms with van der Waals surface area (Å²) in [5, 5.41) is 0.406. The molecule has 0 aliphatic rings. The zero-order chi connectivity index (χ0) is 5.86. The Hall–Kier alpha value is 0.610. The Morgan fingerprint density at radius 3 is 1.71 bits per heavy atom. The van der Waals surface area contributed by atoms with Crippen molar-refractivity contribution in [2.75, 3.05) is 0 Å². The average Bonchev–Trinajstić information content (AvgIpc) is 1.65. The summed E-state index contributed by atoms with van der Waals surface area (Å²) in [7, 11) is 0. The largest absolute Gasteiger partial charge is 0.121 e. The SMILES string of the molecule is [CH2]CC(Cl)=C(Cl)Cl. The van der Waals surface area contributed by atoms with Gasteiger partial charge in [-0.3, -0.25) is 0 Å². The van der Waals surface area contributed by atoms with Crippen LogP contribution in [0.5, 0.6) is 0 Å². The lowest BCUT2D eigenvalue weighted by Crippen LogP contribution is -1.64. The van der Waals surface area contributed by atoms with Gasteiger partial charge in [-0.15, -0.1) is 0 Å². The van der Waals surface area contributed by atoms with Crippen LogP contribution in [0.3, 0.4) is 0 Å². The molecule has 0 saturated heterocycles. The number of hydrogen-bond donors (Lipinski definition) is 0. The van der Waals surface area contributed by atoms with Crippen LogP contribution in [0.15, 0.2) is 9.52 Å². The predicted molar refractivity (Wildman–Crippen MR) is 34.6 cm³/mol. The van der Waals surface area contributed by atoms with E-state index in [0.717, 1.165) is 0 Å². The van der Waals surface area contributed by atoms with Crippen LogP contribution in [0.2, 0.25) is 0 Å². The van der Waals surface area contributed by atoms with E-state index in [-0.39, 0.29) is 4.49 Å². The van der Waals surface area contributed by atoms with Crippen LogP contribution in [-0.2, 0) is 0 Å². The first kappa shape index (κ1) is 7.61. The zero-order valence-corrected chi connectivity index (χ0v) is 5.82. The van der Waals surface area contributed by atoms with Gasteiger partial charge < -0.3 is 0 Å². The van der Waals surface area contributed by atoms with E-state index >= 15 is 0 Å². The van der Waals surface area contributed by atoms with Crippen molar-refractivity contribution in [1.82, 2.24) is 0 Å². The average molecular weight is 158 g/mol. The Bertz CT molecular complexity index is 80.9. The molecule has 0 nitrogen and oxygen atoms in total. The van der Waals surface area contributed by atoms with E-state index in [4.69, 9.17) is 34.8 Å². The Morgan fingerprint density at radius 1 is 1.29 bits per heavy atom. The standard InChI is InChI=1S/C4H4Cl3/c1-2-3(5)4(6)7/h1-2H2. The monoisotopic (exact) mass is 157 g/mol. The van der Waals surface area contributed by atoms with Gasteiger partial charge in [-0.05, 0) is 13.3 Å². The molecule has 0 spiro atoms. The van der Waals surface area contributed by atoms with Crippen molar-refractivity contribution >= 4 is 34.8 Å². The molecule has 0 rings (SSSR count). The minimum absolute atomic E-state index is 0.108. The molecule has 0 bridgehead atoms. The lowest BCUT2D eigenvalue weighted by molar-refractivity contribution is 1.36. The minimum Gasteiger partial charge on any atom is -0.0866 e. The van der Waals surface area contributed by atoms with Crippen molar-refractivity contribution < 1.29 is 0 Å². The maximum Gasteiger partial charge on any atom is 0.121 e. The summed E-state index contributed by atoms with van der Waals surface area (Å²) < 4.78 is 0.108. The summed E-state index contributed by atoms with van der Waals surface area (Å²) in [4.78, 5) is 0. The Labute approximate surface area is 58.1 Å². The molecule has 3 heteroatoms. The van der Waals surface area contributed by atoms with Crippen LogP contribution in [0, 0.1) is 6.92 Å². The van der Waals surface area contributed by atoms with Crippen molar-refractivity contribution in [1.29, 1.82) is 0 Å². The molecule has 0 saturated carbocycles. The third kappa shape index (κ3) is 3.22. The van der Waals surface area contributed by atoms with Gasteiger partial charge in [0.15, 0.2) is 0 Å². The van der Waals surface area contributed by atoms with Gasteiger partial charge in [0.05, 0.1) is 0 Å². The third-order valence-electron chi connectivity index (χ3n) is 0.425. The Balaban J connectivity index is 3.72. The van der Waals surface area contributed by atoms with Crippen molar-refractivity contribution in [2.24, 2.45) is 0 Å². The maximum absolute atomic E-state index is 5.35. The summed E-state index contributed by atoms with van der Waals surface area (Å²) in [6.45, 7) is 3.45. The van der Waals surface area contributed by atoms with E-state index < -0.39 is 0 Å². The maximum atomic E-state index is 5.35. The van der Waals surface area contributed by atoms with E-state index in [1.54, 1.807) is 0 Å². The van der Waals surface area contributed by atoms with Gasteiger partial charge in [0.1, 0.15) is 4.49 Å². The fourth-order valence-electron chi connectivity index (χ4n) is 0.0945. The van der Waals surface area contributed by atoms with Gasteiger partial charge in [0, 0.05) is 5.03 Å². The van der Waals surface area contributed by atoms with Gasteiger partial charge in [0.25, 0.3) is 0 Å². The van der Waals surface area contributed by atoms with Crippen LogP contribution < -0.4 is 0 Å².